The molecule has 1 saturated heterocycles. The summed E-state index contributed by atoms with van der Waals surface area (Å²) in [6.45, 7) is 1.49. The minimum absolute atomic E-state index is 0.0319. The Morgan fingerprint density at radius 3 is 2.80 bits per heavy atom. The zero-order valence-corrected chi connectivity index (χ0v) is 15.2. The van der Waals surface area contributed by atoms with E-state index in [1.54, 1.807) is 0 Å². The van der Waals surface area contributed by atoms with Gasteiger partial charge in [0, 0.05) is 5.02 Å². The first-order chi connectivity index (χ1) is 11.8. The number of benzene rings is 1. The van der Waals surface area contributed by atoms with Gasteiger partial charge in [0.15, 0.2) is 0 Å². The van der Waals surface area contributed by atoms with Crippen LogP contribution in [0.2, 0.25) is 10.0 Å². The topological polar surface area (TPSA) is 75.7 Å². The van der Waals surface area contributed by atoms with E-state index in [1.807, 2.05) is 6.92 Å². The van der Waals surface area contributed by atoms with Crippen molar-refractivity contribution in [2.24, 2.45) is 5.92 Å². The average Bonchev–Trinajstić information content (AvgIpc) is 2.78. The monoisotopic (exact) mass is 384 g/mol. The number of imide groups is 1. The van der Waals surface area contributed by atoms with Crippen LogP contribution in [0.25, 0.3) is 0 Å². The van der Waals surface area contributed by atoms with E-state index in [0.29, 0.717) is 11.4 Å². The maximum absolute atomic E-state index is 12.8. The van der Waals surface area contributed by atoms with Gasteiger partial charge in [-0.1, -0.05) is 43.0 Å². The number of hydrogen-bond donors (Lipinski definition) is 1. The summed E-state index contributed by atoms with van der Waals surface area (Å²) >= 11 is 11.8. The number of nitrogens with one attached hydrogen (secondary N) is 1. The molecule has 134 valence electrons. The van der Waals surface area contributed by atoms with Gasteiger partial charge in [0.25, 0.3) is 5.91 Å². The van der Waals surface area contributed by atoms with E-state index in [-0.39, 0.29) is 22.6 Å². The molecule has 2 fully saturated rings. The smallest absolute Gasteiger partial charge is 0.331 e. The Kier molecular flexibility index (Phi) is 4.93. The lowest BCUT2D eigenvalue weighted by atomic mass is 9.73. The molecule has 6 nitrogen and oxygen atoms in total. The first kappa shape index (κ1) is 18.0. The first-order valence-corrected chi connectivity index (χ1v) is 8.89. The van der Waals surface area contributed by atoms with Crippen molar-refractivity contribution in [1.82, 2.24) is 10.2 Å². The van der Waals surface area contributed by atoms with Gasteiger partial charge in [-0.3, -0.25) is 9.69 Å². The molecule has 1 aliphatic carbocycles. The number of carbonyl (C=O) groups excluding carboxylic acids is 3. The van der Waals surface area contributed by atoms with Crippen LogP contribution in [0.4, 0.5) is 4.79 Å². The average molecular weight is 385 g/mol. The van der Waals surface area contributed by atoms with Crippen LogP contribution in [-0.2, 0) is 9.59 Å². The quantitative estimate of drug-likeness (QED) is 0.492. The van der Waals surface area contributed by atoms with Crippen LogP contribution < -0.4 is 10.1 Å². The predicted octanol–water partition coefficient (Wildman–Crippen LogP) is 3.40. The highest BCUT2D eigenvalue weighted by Crippen LogP contribution is 2.38. The molecule has 25 heavy (non-hydrogen) atoms. The van der Waals surface area contributed by atoms with E-state index in [9.17, 15) is 14.4 Å². The fourth-order valence-electron chi connectivity index (χ4n) is 3.48. The number of hydrogen-bond acceptors (Lipinski definition) is 4. The zero-order chi connectivity index (χ0) is 18.2. The van der Waals surface area contributed by atoms with Crippen LogP contribution in [0.3, 0.4) is 0 Å². The van der Waals surface area contributed by atoms with E-state index in [1.165, 1.54) is 18.2 Å². The highest BCUT2D eigenvalue weighted by atomic mass is 35.5. The highest BCUT2D eigenvalue weighted by Gasteiger charge is 2.55. The van der Waals surface area contributed by atoms with Gasteiger partial charge in [0.1, 0.15) is 17.8 Å². The van der Waals surface area contributed by atoms with Crippen LogP contribution in [0.15, 0.2) is 18.2 Å². The minimum Gasteiger partial charge on any atom is -0.424 e. The van der Waals surface area contributed by atoms with Gasteiger partial charge in [-0.05, 0) is 37.0 Å². The Morgan fingerprint density at radius 1 is 1.36 bits per heavy atom. The summed E-state index contributed by atoms with van der Waals surface area (Å²) in [5.74, 6) is -0.939. The Hall–Kier alpha value is -1.79. The van der Waals surface area contributed by atoms with E-state index in [2.05, 4.69) is 5.32 Å². The van der Waals surface area contributed by atoms with Crippen LogP contribution >= 0.6 is 23.2 Å². The summed E-state index contributed by atoms with van der Waals surface area (Å²) < 4.78 is 5.16. The Labute approximate surface area is 155 Å². The van der Waals surface area contributed by atoms with E-state index in [0.717, 1.165) is 24.2 Å². The van der Waals surface area contributed by atoms with E-state index >= 15 is 0 Å². The van der Waals surface area contributed by atoms with Crippen LogP contribution in [0, 0.1) is 5.92 Å². The number of carbonyl (C=O) groups is 3. The van der Waals surface area contributed by atoms with Crippen molar-refractivity contribution in [1.29, 1.82) is 0 Å². The molecule has 1 N–H and O–H groups in total. The summed E-state index contributed by atoms with van der Waals surface area (Å²) in [6, 6.07) is 3.87. The van der Waals surface area contributed by atoms with Crippen LogP contribution in [0.1, 0.15) is 32.6 Å². The third-order valence-electron chi connectivity index (χ3n) is 4.91. The van der Waals surface area contributed by atoms with Crippen molar-refractivity contribution in [3.63, 3.8) is 0 Å². The molecule has 1 aromatic rings. The number of amides is 3. The summed E-state index contributed by atoms with van der Waals surface area (Å²) in [4.78, 5) is 38.1. The fourth-order valence-corrected chi connectivity index (χ4v) is 3.93. The number of esters is 1. The van der Waals surface area contributed by atoms with Gasteiger partial charge in [0.2, 0.25) is 0 Å². The van der Waals surface area contributed by atoms with Crippen molar-refractivity contribution < 1.29 is 19.1 Å². The fraction of sp³-hybridized carbons (Fsp3) is 0.471. The molecule has 2 aliphatic rings. The molecule has 0 bridgehead atoms. The largest absolute Gasteiger partial charge is 0.424 e. The molecule has 1 aliphatic heterocycles. The second-order valence-corrected chi connectivity index (χ2v) is 7.33. The normalized spacial score (nSPS) is 26.0. The standard InChI is InChI=1S/C17H18Cl2N2O4/c1-10-4-2-3-7-17(10)15(23)21(16(24)20-17)9-14(22)25-13-6-5-11(18)8-12(13)19/h5-6,8,10H,2-4,7,9H2,1H3,(H,20,24). The summed E-state index contributed by atoms with van der Waals surface area (Å²) in [7, 11) is 0. The molecular weight excluding hydrogens is 367 g/mol. The molecule has 0 aromatic heterocycles. The van der Waals surface area contributed by atoms with Gasteiger partial charge in [-0.25, -0.2) is 9.59 Å². The number of halogens is 2. The van der Waals surface area contributed by atoms with Crippen LogP contribution in [0.5, 0.6) is 5.75 Å². The number of rotatable bonds is 3. The molecule has 1 heterocycles. The number of nitrogens with zero attached hydrogens (tertiary/aromatic N) is 1. The van der Waals surface area contributed by atoms with Crippen molar-refractivity contribution in [2.75, 3.05) is 6.54 Å². The lowest BCUT2D eigenvalue weighted by Gasteiger charge is -2.36. The highest BCUT2D eigenvalue weighted by molar-refractivity contribution is 6.35. The lowest BCUT2D eigenvalue weighted by Crippen LogP contribution is -2.54. The molecule has 0 radical (unpaired) electrons. The molecule has 1 spiro atoms. The summed E-state index contributed by atoms with van der Waals surface area (Å²) in [5.41, 5.74) is -0.895. The SMILES string of the molecule is CC1CCCCC12NC(=O)N(CC(=O)Oc1ccc(Cl)cc1Cl)C2=O. The van der Waals surface area contributed by atoms with Crippen molar-refractivity contribution in [2.45, 2.75) is 38.1 Å². The van der Waals surface area contributed by atoms with E-state index < -0.39 is 24.1 Å². The predicted molar refractivity (Wildman–Crippen MR) is 92.7 cm³/mol. The van der Waals surface area contributed by atoms with Crippen molar-refractivity contribution in [3.05, 3.63) is 28.2 Å². The Morgan fingerprint density at radius 2 is 2.12 bits per heavy atom. The van der Waals surface area contributed by atoms with Gasteiger partial charge in [0.05, 0.1) is 5.02 Å². The molecule has 2 atom stereocenters. The van der Waals surface area contributed by atoms with Crippen LogP contribution in [-0.4, -0.2) is 34.9 Å². The van der Waals surface area contributed by atoms with Gasteiger partial charge in [-0.2, -0.15) is 0 Å². The Balaban J connectivity index is 1.71. The van der Waals surface area contributed by atoms with Crippen molar-refractivity contribution in [3.8, 4) is 5.75 Å². The molecule has 1 saturated carbocycles. The molecule has 3 rings (SSSR count). The first-order valence-electron chi connectivity index (χ1n) is 8.13. The summed E-state index contributed by atoms with van der Waals surface area (Å²) in [5, 5.41) is 3.38. The maximum atomic E-state index is 12.8. The number of urea groups is 1. The zero-order valence-electron chi connectivity index (χ0n) is 13.7. The third kappa shape index (κ3) is 3.33. The molecule has 8 heteroatoms. The lowest BCUT2D eigenvalue weighted by molar-refractivity contribution is -0.142. The number of ether oxygens (including phenoxy) is 1. The second kappa shape index (κ2) is 6.84. The summed E-state index contributed by atoms with van der Waals surface area (Å²) in [6.07, 6.45) is 3.36. The molecular formula is C17H18Cl2N2O4. The second-order valence-electron chi connectivity index (χ2n) is 6.49. The van der Waals surface area contributed by atoms with Gasteiger partial charge >= 0.3 is 12.0 Å². The Bertz CT molecular complexity index is 739. The van der Waals surface area contributed by atoms with E-state index in [4.69, 9.17) is 27.9 Å². The minimum atomic E-state index is -0.895. The van der Waals surface area contributed by atoms with Crippen molar-refractivity contribution >= 4 is 41.1 Å². The third-order valence-corrected chi connectivity index (χ3v) is 5.44. The van der Waals surface area contributed by atoms with Gasteiger partial charge < -0.3 is 10.1 Å². The van der Waals surface area contributed by atoms with Gasteiger partial charge in [-0.15, -0.1) is 0 Å². The molecule has 3 amide bonds. The molecule has 1 aromatic carbocycles. The maximum Gasteiger partial charge on any atom is 0.331 e. The molecule has 2 unspecified atom stereocenters.